The number of nitrogens with two attached hydrogens (primary N) is 2. The molecule has 14 nitrogen and oxygen atoms in total. The summed E-state index contributed by atoms with van der Waals surface area (Å²) in [6.45, 7) is 0.127. The second kappa shape index (κ2) is 12.5. The van der Waals surface area contributed by atoms with Crippen molar-refractivity contribution >= 4 is 23.9 Å². The maximum atomic E-state index is 12.8. The Bertz CT molecular complexity index is 984. The first-order valence-electron chi connectivity index (χ1n) is 11.0. The number of guanidine groups is 1. The molecule has 0 aliphatic heterocycles. The number of aliphatic imine (C=N–C) groups is 1. The fourth-order valence-electron chi connectivity index (χ4n) is 3.68. The summed E-state index contributed by atoms with van der Waals surface area (Å²) < 4.78 is 5.30. The molecule has 6 atom stereocenters. The quantitative estimate of drug-likeness (QED) is 0.0492. The molecule has 0 radical (unpaired) electrons. The topological polar surface area (TPSA) is 261 Å². The predicted octanol–water partition coefficient (Wildman–Crippen LogP) is -2.32. The molecule has 1 amide bonds. The smallest absolute Gasteiger partial charge is 0.326 e. The molecule has 1 aromatic rings. The minimum Gasteiger partial charge on any atom is -0.504 e. The second-order valence-electron chi connectivity index (χ2n) is 8.48. The van der Waals surface area contributed by atoms with Crippen LogP contribution in [0.5, 0.6) is 11.5 Å². The number of rotatable bonds is 11. The number of aliphatic hydroxyl groups is 4. The fraction of sp³-hybridized carbons (Fsp3) is 0.500. The molecular formula is C22H32N4O10. The normalized spacial score (nSPS) is 25.7. The number of aromatic hydroxyl groups is 2. The van der Waals surface area contributed by atoms with Crippen LogP contribution in [0.3, 0.4) is 0 Å². The summed E-state index contributed by atoms with van der Waals surface area (Å²) in [6.07, 6.45) is -4.73. The first-order valence-corrected chi connectivity index (χ1v) is 11.0. The van der Waals surface area contributed by atoms with Gasteiger partial charge in [-0.05, 0) is 36.6 Å². The number of hydrogen-bond donors (Lipinski definition) is 10. The van der Waals surface area contributed by atoms with E-state index in [1.165, 1.54) is 24.3 Å². The Morgan fingerprint density at radius 2 is 1.92 bits per heavy atom. The maximum absolute atomic E-state index is 12.8. The van der Waals surface area contributed by atoms with Gasteiger partial charge in [0.25, 0.3) is 5.91 Å². The average Bonchev–Trinajstić information content (AvgIpc) is 2.79. The Kier molecular flexibility index (Phi) is 10.0. The first-order chi connectivity index (χ1) is 16.8. The lowest BCUT2D eigenvalue weighted by Gasteiger charge is -2.41. The lowest BCUT2D eigenvalue weighted by molar-refractivity contribution is -0.210. The van der Waals surface area contributed by atoms with Crippen LogP contribution in [-0.4, -0.2) is 96.4 Å². The standard InChI is InChI=1S/C22H32N4O10/c23-21(24)25-7-1-2-12(19(32)33)26-20(34)22(35)9-15(29)18(31)16(10-22)36-17(30)6-4-11-3-5-13(27)14(28)8-11/h3-6,8,12,15-18,27-31,35H,1-2,7,9-10H2,(H,26,34)(H,32,33)(H4,23,24,25)/b6-4+/t12?,15-,16-,17?,18-,22+/m0/s1. The zero-order valence-electron chi connectivity index (χ0n) is 19.3. The van der Waals surface area contributed by atoms with Crippen molar-refractivity contribution in [2.75, 3.05) is 6.54 Å². The van der Waals surface area contributed by atoms with Gasteiger partial charge in [-0.1, -0.05) is 12.1 Å². The lowest BCUT2D eigenvalue weighted by Crippen LogP contribution is -2.61. The number of carbonyl (C=O) groups excluding carboxylic acids is 1. The van der Waals surface area contributed by atoms with Crippen LogP contribution >= 0.6 is 0 Å². The molecule has 0 spiro atoms. The van der Waals surface area contributed by atoms with Gasteiger partial charge in [-0.15, -0.1) is 0 Å². The van der Waals surface area contributed by atoms with Crippen LogP contribution < -0.4 is 16.8 Å². The fourth-order valence-corrected chi connectivity index (χ4v) is 3.68. The number of hydrogen-bond acceptors (Lipinski definition) is 10. The molecule has 0 heterocycles. The number of aliphatic hydroxyl groups excluding tert-OH is 3. The molecule has 14 heteroatoms. The van der Waals surface area contributed by atoms with Gasteiger partial charge in [0.05, 0.1) is 12.2 Å². The van der Waals surface area contributed by atoms with E-state index < -0.39 is 61.0 Å². The average molecular weight is 513 g/mol. The minimum atomic E-state index is -2.30. The van der Waals surface area contributed by atoms with Gasteiger partial charge in [0.15, 0.2) is 23.7 Å². The summed E-state index contributed by atoms with van der Waals surface area (Å²) in [7, 11) is 0. The minimum absolute atomic E-state index is 0.0463. The number of ether oxygens (including phenoxy) is 1. The van der Waals surface area contributed by atoms with Crippen LogP contribution in [-0.2, 0) is 14.3 Å². The van der Waals surface area contributed by atoms with E-state index in [9.17, 15) is 45.3 Å². The molecule has 0 bridgehead atoms. The molecule has 2 unspecified atom stereocenters. The van der Waals surface area contributed by atoms with Crippen molar-refractivity contribution in [3.05, 3.63) is 29.8 Å². The number of carboxylic acid groups (broad SMARTS) is 1. The second-order valence-corrected chi connectivity index (χ2v) is 8.48. The van der Waals surface area contributed by atoms with Gasteiger partial charge in [0, 0.05) is 19.4 Å². The van der Waals surface area contributed by atoms with Gasteiger partial charge in [-0.3, -0.25) is 9.79 Å². The number of carbonyl (C=O) groups is 2. The molecule has 1 saturated carbocycles. The highest BCUT2D eigenvalue weighted by molar-refractivity contribution is 5.89. The Morgan fingerprint density at radius 3 is 2.53 bits per heavy atom. The monoisotopic (exact) mass is 512 g/mol. The van der Waals surface area contributed by atoms with Gasteiger partial charge in [-0.2, -0.15) is 0 Å². The molecule has 1 aliphatic carbocycles. The summed E-state index contributed by atoms with van der Waals surface area (Å²) in [5, 5.41) is 72.0. The Morgan fingerprint density at radius 1 is 1.22 bits per heavy atom. The van der Waals surface area contributed by atoms with Crippen molar-refractivity contribution in [2.24, 2.45) is 16.5 Å². The number of nitrogens with zero attached hydrogens (tertiary/aromatic N) is 1. The van der Waals surface area contributed by atoms with E-state index >= 15 is 0 Å². The molecular weight excluding hydrogens is 480 g/mol. The van der Waals surface area contributed by atoms with Gasteiger partial charge in [0.1, 0.15) is 17.7 Å². The molecule has 1 aliphatic rings. The number of amides is 1. The van der Waals surface area contributed by atoms with E-state index in [1.54, 1.807) is 0 Å². The van der Waals surface area contributed by atoms with Crippen molar-refractivity contribution in [1.82, 2.24) is 5.32 Å². The van der Waals surface area contributed by atoms with Gasteiger partial charge in [-0.25, -0.2) is 4.79 Å². The number of phenolic OH excluding ortho intramolecular Hbond substituents is 2. The van der Waals surface area contributed by atoms with Crippen molar-refractivity contribution in [2.45, 2.75) is 61.9 Å². The summed E-state index contributed by atoms with van der Waals surface area (Å²) in [4.78, 5) is 28.0. The predicted molar refractivity (Wildman–Crippen MR) is 125 cm³/mol. The summed E-state index contributed by atoms with van der Waals surface area (Å²) in [6, 6.07) is 2.51. The van der Waals surface area contributed by atoms with E-state index in [2.05, 4.69) is 10.3 Å². The highest BCUT2D eigenvalue weighted by Gasteiger charge is 2.50. The summed E-state index contributed by atoms with van der Waals surface area (Å²) in [5.74, 6) is -3.34. The van der Waals surface area contributed by atoms with E-state index in [4.69, 9.17) is 16.2 Å². The largest absolute Gasteiger partial charge is 0.504 e. The summed E-state index contributed by atoms with van der Waals surface area (Å²) in [5.41, 5.74) is 8.51. The number of benzene rings is 1. The molecule has 200 valence electrons. The molecule has 2 rings (SSSR count). The number of phenols is 2. The molecule has 0 saturated heterocycles. The molecule has 36 heavy (non-hydrogen) atoms. The van der Waals surface area contributed by atoms with Crippen LogP contribution in [0.15, 0.2) is 29.3 Å². The van der Waals surface area contributed by atoms with E-state index in [0.717, 1.165) is 6.08 Å². The highest BCUT2D eigenvalue weighted by atomic mass is 16.6. The maximum Gasteiger partial charge on any atom is 0.326 e. The number of nitrogens with one attached hydrogen (secondary N) is 1. The number of aliphatic carboxylic acids is 1. The first kappa shape index (κ1) is 28.8. The number of carboxylic acids is 1. The highest BCUT2D eigenvalue weighted by Crippen LogP contribution is 2.32. The lowest BCUT2D eigenvalue weighted by atomic mass is 9.78. The van der Waals surface area contributed by atoms with Crippen molar-refractivity contribution in [3.63, 3.8) is 0 Å². The molecule has 12 N–H and O–H groups in total. The van der Waals surface area contributed by atoms with Gasteiger partial charge < -0.3 is 57.3 Å². The van der Waals surface area contributed by atoms with Crippen LogP contribution in [0, 0.1) is 0 Å². The Labute approximate surface area is 206 Å². The summed E-state index contributed by atoms with van der Waals surface area (Å²) >= 11 is 0. The van der Waals surface area contributed by atoms with Crippen LogP contribution in [0.25, 0.3) is 6.08 Å². The zero-order valence-corrected chi connectivity index (χ0v) is 19.3. The molecule has 0 aromatic heterocycles. The van der Waals surface area contributed by atoms with Crippen molar-refractivity contribution in [3.8, 4) is 11.5 Å². The van der Waals surface area contributed by atoms with Crippen LogP contribution in [0.4, 0.5) is 0 Å². The third-order valence-electron chi connectivity index (χ3n) is 5.60. The zero-order chi connectivity index (χ0) is 27.0. The van der Waals surface area contributed by atoms with Crippen LogP contribution in [0.2, 0.25) is 0 Å². The van der Waals surface area contributed by atoms with E-state index in [1.807, 2.05) is 0 Å². The van der Waals surface area contributed by atoms with E-state index in [-0.39, 0.29) is 36.8 Å². The van der Waals surface area contributed by atoms with Gasteiger partial charge >= 0.3 is 5.97 Å². The Hall–Kier alpha value is -3.43. The van der Waals surface area contributed by atoms with Crippen molar-refractivity contribution < 1.29 is 50.1 Å². The van der Waals surface area contributed by atoms with Crippen molar-refractivity contribution in [1.29, 1.82) is 0 Å². The Balaban J connectivity index is 2.05. The third kappa shape index (κ3) is 8.07. The SMILES string of the molecule is NC(N)=NCCCC(NC(=O)[C@]1(O)C[C@H](OC(O)/C=C/c2ccc(O)c(O)c2)[C@@H](O)[C@@H](O)C1)C(=O)O. The third-order valence-corrected chi connectivity index (χ3v) is 5.60. The molecule has 1 fully saturated rings. The van der Waals surface area contributed by atoms with E-state index in [0.29, 0.717) is 5.56 Å². The molecule has 1 aromatic carbocycles. The van der Waals surface area contributed by atoms with Gasteiger partial charge in [0.2, 0.25) is 0 Å². The van der Waals surface area contributed by atoms with Crippen LogP contribution in [0.1, 0.15) is 31.2 Å².